The third kappa shape index (κ3) is 6.05. The Balaban J connectivity index is 1.31. The van der Waals surface area contributed by atoms with Gasteiger partial charge in [0.25, 0.3) is 11.5 Å². The molecule has 45 heavy (non-hydrogen) atoms. The second kappa shape index (κ2) is 12.6. The topological polar surface area (TPSA) is 127 Å². The van der Waals surface area contributed by atoms with Crippen LogP contribution in [0.2, 0.25) is 10.0 Å². The molecule has 0 bridgehead atoms. The maximum absolute atomic E-state index is 13.0. The molecule has 0 unspecified atom stereocenters. The van der Waals surface area contributed by atoms with Crippen LogP contribution in [-0.4, -0.2) is 46.3 Å². The van der Waals surface area contributed by atoms with Gasteiger partial charge in [-0.3, -0.25) is 14.4 Å². The van der Waals surface area contributed by atoms with Crippen molar-refractivity contribution in [3.8, 4) is 28.3 Å². The lowest BCUT2D eigenvalue weighted by molar-refractivity contribution is -0.119. The summed E-state index contributed by atoms with van der Waals surface area (Å²) >= 11 is 13.6. The zero-order chi connectivity index (χ0) is 31.8. The van der Waals surface area contributed by atoms with Crippen molar-refractivity contribution in [1.29, 1.82) is 0 Å². The molecule has 1 saturated heterocycles. The number of anilines is 1. The Morgan fingerprint density at radius 2 is 1.89 bits per heavy atom. The van der Waals surface area contributed by atoms with Crippen LogP contribution in [-0.2, 0) is 18.3 Å². The second-order valence-corrected chi connectivity index (χ2v) is 12.1. The molecule has 0 saturated carbocycles. The average molecular weight is 648 g/mol. The lowest BCUT2D eigenvalue weighted by atomic mass is 9.95. The van der Waals surface area contributed by atoms with Crippen molar-refractivity contribution in [2.75, 3.05) is 19.0 Å². The Labute approximate surface area is 270 Å². The lowest BCUT2D eigenvalue weighted by Gasteiger charge is -2.20. The van der Waals surface area contributed by atoms with E-state index in [-0.39, 0.29) is 23.6 Å². The van der Waals surface area contributed by atoms with Gasteiger partial charge in [0.2, 0.25) is 11.8 Å². The minimum atomic E-state index is -0.565. The zero-order valence-electron chi connectivity index (χ0n) is 25.0. The SMILES string of the molecule is COc1nc(-c2cccc(-c3cc(Cl)cc(NC(=O)c4ccnn(C)c4=O)c3C)c2Cl)cc2c1[C@@H](NC[C@@H]1CCC(=O)N1)CC2. The first-order valence-electron chi connectivity index (χ1n) is 14.7. The molecule has 2 aromatic carbocycles. The third-order valence-electron chi connectivity index (χ3n) is 8.48. The summed E-state index contributed by atoms with van der Waals surface area (Å²) in [5.41, 5.74) is 5.66. The summed E-state index contributed by atoms with van der Waals surface area (Å²) < 4.78 is 6.89. The van der Waals surface area contributed by atoms with Gasteiger partial charge in [0, 0.05) is 65.7 Å². The molecule has 6 rings (SSSR count). The van der Waals surface area contributed by atoms with Crippen LogP contribution in [0.5, 0.6) is 5.88 Å². The van der Waals surface area contributed by atoms with Crippen molar-refractivity contribution in [1.82, 2.24) is 25.4 Å². The Kier molecular flexibility index (Phi) is 8.63. The first-order valence-corrected chi connectivity index (χ1v) is 15.4. The maximum atomic E-state index is 13.0. The summed E-state index contributed by atoms with van der Waals surface area (Å²) in [7, 11) is 3.10. The van der Waals surface area contributed by atoms with Gasteiger partial charge < -0.3 is 20.7 Å². The van der Waals surface area contributed by atoms with Crippen molar-refractivity contribution >= 4 is 40.7 Å². The fourth-order valence-corrected chi connectivity index (χ4v) is 6.66. The number of carbonyl (C=O) groups is 2. The van der Waals surface area contributed by atoms with Gasteiger partial charge in [-0.2, -0.15) is 5.10 Å². The molecule has 232 valence electrons. The minimum absolute atomic E-state index is 0.0344. The van der Waals surface area contributed by atoms with Crippen LogP contribution < -0.4 is 26.2 Å². The third-order valence-corrected chi connectivity index (χ3v) is 9.11. The van der Waals surface area contributed by atoms with E-state index in [1.165, 1.54) is 19.3 Å². The molecular formula is C33H32Cl2N6O4. The number of aromatic nitrogens is 3. The van der Waals surface area contributed by atoms with E-state index in [0.717, 1.165) is 51.8 Å². The van der Waals surface area contributed by atoms with Gasteiger partial charge in [-0.15, -0.1) is 0 Å². The van der Waals surface area contributed by atoms with E-state index in [2.05, 4.69) is 27.1 Å². The molecule has 2 aromatic heterocycles. The molecule has 1 fully saturated rings. The van der Waals surface area contributed by atoms with E-state index in [1.807, 2.05) is 25.1 Å². The van der Waals surface area contributed by atoms with Crippen molar-refractivity contribution in [2.24, 2.45) is 7.05 Å². The summed E-state index contributed by atoms with van der Waals surface area (Å²) in [6.45, 7) is 2.55. The van der Waals surface area contributed by atoms with Gasteiger partial charge in [0.05, 0.1) is 17.8 Å². The van der Waals surface area contributed by atoms with Gasteiger partial charge in [-0.25, -0.2) is 9.67 Å². The number of pyridine rings is 1. The largest absolute Gasteiger partial charge is 0.481 e. The van der Waals surface area contributed by atoms with Gasteiger partial charge in [0.15, 0.2) is 0 Å². The summed E-state index contributed by atoms with van der Waals surface area (Å²) in [5, 5.41) is 14.2. The number of amides is 2. The van der Waals surface area contributed by atoms with E-state index in [9.17, 15) is 14.4 Å². The smallest absolute Gasteiger partial charge is 0.279 e. The number of nitrogens with one attached hydrogen (secondary N) is 3. The van der Waals surface area contributed by atoms with E-state index < -0.39 is 11.5 Å². The number of benzene rings is 2. The number of hydrogen-bond donors (Lipinski definition) is 3. The predicted octanol–water partition coefficient (Wildman–Crippen LogP) is 5.24. The summed E-state index contributed by atoms with van der Waals surface area (Å²) in [6, 6.07) is 12.8. The highest BCUT2D eigenvalue weighted by molar-refractivity contribution is 6.36. The molecular weight excluding hydrogens is 615 g/mol. The fourth-order valence-electron chi connectivity index (χ4n) is 6.11. The highest BCUT2D eigenvalue weighted by Crippen LogP contribution is 2.43. The highest BCUT2D eigenvalue weighted by atomic mass is 35.5. The Bertz CT molecular complexity index is 1890. The van der Waals surface area contributed by atoms with Crippen LogP contribution >= 0.6 is 23.2 Å². The number of halogens is 2. The number of rotatable bonds is 8. The van der Waals surface area contributed by atoms with Gasteiger partial charge in [-0.1, -0.05) is 41.4 Å². The average Bonchev–Trinajstić information content (AvgIpc) is 3.64. The number of carbonyl (C=O) groups excluding carboxylic acids is 2. The van der Waals surface area contributed by atoms with Crippen LogP contribution in [0.15, 0.2) is 53.5 Å². The van der Waals surface area contributed by atoms with E-state index in [0.29, 0.717) is 45.8 Å². The number of fused-ring (bicyclic) bond motifs is 1. The number of methoxy groups -OCH3 is 1. The molecule has 3 heterocycles. The molecule has 0 radical (unpaired) electrons. The van der Waals surface area contributed by atoms with Crippen LogP contribution in [0.1, 0.15) is 52.4 Å². The number of hydrogen-bond acceptors (Lipinski definition) is 7. The Morgan fingerprint density at radius 1 is 1.09 bits per heavy atom. The van der Waals surface area contributed by atoms with Gasteiger partial charge >= 0.3 is 0 Å². The minimum Gasteiger partial charge on any atom is -0.481 e. The molecule has 0 spiro atoms. The van der Waals surface area contributed by atoms with E-state index in [4.69, 9.17) is 32.9 Å². The quantitative estimate of drug-likeness (QED) is 0.239. The molecule has 1 aliphatic carbocycles. The second-order valence-electron chi connectivity index (χ2n) is 11.3. The number of nitrogens with zero attached hydrogens (tertiary/aromatic N) is 3. The van der Waals surface area contributed by atoms with Gasteiger partial charge in [-0.05, 0) is 67.1 Å². The van der Waals surface area contributed by atoms with Crippen molar-refractivity contribution < 1.29 is 14.3 Å². The number of aryl methyl sites for hydroxylation is 2. The molecule has 10 nitrogen and oxygen atoms in total. The van der Waals surface area contributed by atoms with Crippen LogP contribution in [0.4, 0.5) is 5.69 Å². The standard InChI is InChI=1S/C33H32Cl2N6O4/c1-17-24(14-19(34)15-26(17)39-31(43)23-11-12-37-41(2)33(23)44)21-5-4-6-22(30(21)35)27-13-18-7-9-25(29(18)32(40-27)45-3)36-16-20-8-10-28(42)38-20/h4-6,11-15,20,25,36H,7-10,16H2,1-3H3,(H,38,42)(H,39,43)/t20-,25-/m0/s1. The molecule has 4 aromatic rings. The molecule has 1 aliphatic heterocycles. The lowest BCUT2D eigenvalue weighted by Crippen LogP contribution is -2.36. The molecule has 3 N–H and O–H groups in total. The summed E-state index contributed by atoms with van der Waals surface area (Å²) in [5.74, 6) is 0.0765. The first-order chi connectivity index (χ1) is 21.6. The molecule has 2 amide bonds. The van der Waals surface area contributed by atoms with Crippen LogP contribution in [0.3, 0.4) is 0 Å². The highest BCUT2D eigenvalue weighted by Gasteiger charge is 2.30. The molecule has 2 atom stereocenters. The maximum Gasteiger partial charge on any atom is 0.279 e. The molecule has 2 aliphatic rings. The summed E-state index contributed by atoms with van der Waals surface area (Å²) in [6.07, 6.45) is 4.54. The van der Waals surface area contributed by atoms with E-state index in [1.54, 1.807) is 19.2 Å². The normalized spacial score (nSPS) is 17.2. The monoisotopic (exact) mass is 646 g/mol. The van der Waals surface area contributed by atoms with Crippen LogP contribution in [0, 0.1) is 6.92 Å². The summed E-state index contributed by atoms with van der Waals surface area (Å²) in [4.78, 5) is 42.0. The first kappa shape index (κ1) is 30.8. The fraction of sp³-hybridized carbons (Fsp3) is 0.303. The number of ether oxygens (including phenoxy) is 1. The molecule has 12 heteroatoms. The van der Waals surface area contributed by atoms with E-state index >= 15 is 0 Å². The van der Waals surface area contributed by atoms with Crippen molar-refractivity contribution in [3.05, 3.63) is 91.3 Å². The zero-order valence-corrected chi connectivity index (χ0v) is 26.6. The predicted molar refractivity (Wildman–Crippen MR) is 174 cm³/mol. The van der Waals surface area contributed by atoms with Gasteiger partial charge in [0.1, 0.15) is 5.56 Å². The van der Waals surface area contributed by atoms with Crippen molar-refractivity contribution in [3.63, 3.8) is 0 Å². The van der Waals surface area contributed by atoms with Crippen LogP contribution in [0.25, 0.3) is 22.4 Å². The Hall–Kier alpha value is -4.25. The Morgan fingerprint density at radius 3 is 2.64 bits per heavy atom. The van der Waals surface area contributed by atoms with Crippen molar-refractivity contribution in [2.45, 2.75) is 44.7 Å².